The highest BCUT2D eigenvalue weighted by molar-refractivity contribution is 6.29. The summed E-state index contributed by atoms with van der Waals surface area (Å²) in [5, 5.41) is 8.04. The van der Waals surface area contributed by atoms with Gasteiger partial charge < -0.3 is 5.32 Å². The van der Waals surface area contributed by atoms with Crippen LogP contribution in [0.3, 0.4) is 0 Å². The van der Waals surface area contributed by atoms with E-state index in [0.29, 0.717) is 11.0 Å². The molecule has 5 nitrogen and oxygen atoms in total. The topological polar surface area (TPSA) is 55.6 Å². The SMILES string of the molecule is Cn1nc(-c2ccccc2)cc1Nc1cc(Cl)ncn1. The summed E-state index contributed by atoms with van der Waals surface area (Å²) in [4.78, 5) is 7.96. The van der Waals surface area contributed by atoms with Gasteiger partial charge in [-0.15, -0.1) is 0 Å². The predicted octanol–water partition coefficient (Wildman–Crippen LogP) is 3.27. The summed E-state index contributed by atoms with van der Waals surface area (Å²) in [5.41, 5.74) is 1.97. The zero-order valence-electron chi connectivity index (χ0n) is 10.8. The third kappa shape index (κ3) is 2.62. The van der Waals surface area contributed by atoms with Crippen molar-refractivity contribution >= 4 is 23.2 Å². The van der Waals surface area contributed by atoms with Crippen molar-refractivity contribution in [2.45, 2.75) is 0 Å². The van der Waals surface area contributed by atoms with E-state index >= 15 is 0 Å². The highest BCUT2D eigenvalue weighted by atomic mass is 35.5. The average molecular weight is 286 g/mol. The van der Waals surface area contributed by atoms with Crippen LogP contribution >= 0.6 is 11.6 Å². The van der Waals surface area contributed by atoms with Crippen LogP contribution in [0.25, 0.3) is 11.3 Å². The molecule has 0 atom stereocenters. The number of hydrogen-bond donors (Lipinski definition) is 1. The molecule has 0 bridgehead atoms. The number of nitrogens with one attached hydrogen (secondary N) is 1. The molecule has 0 aliphatic carbocycles. The number of aromatic nitrogens is 4. The fourth-order valence-electron chi connectivity index (χ4n) is 1.87. The number of aryl methyl sites for hydroxylation is 1. The molecule has 2 heterocycles. The smallest absolute Gasteiger partial charge is 0.136 e. The van der Waals surface area contributed by atoms with Crippen LogP contribution in [0.4, 0.5) is 11.6 Å². The molecule has 6 heteroatoms. The minimum atomic E-state index is 0.396. The normalized spacial score (nSPS) is 10.5. The third-order valence-electron chi connectivity index (χ3n) is 2.84. The van der Waals surface area contributed by atoms with Gasteiger partial charge in [-0.2, -0.15) is 5.10 Å². The van der Waals surface area contributed by atoms with Crippen molar-refractivity contribution in [3.63, 3.8) is 0 Å². The Hall–Kier alpha value is -2.40. The molecule has 3 rings (SSSR count). The van der Waals surface area contributed by atoms with Gasteiger partial charge in [-0.05, 0) is 0 Å². The van der Waals surface area contributed by atoms with Crippen molar-refractivity contribution < 1.29 is 0 Å². The zero-order valence-corrected chi connectivity index (χ0v) is 11.5. The second-order valence-electron chi connectivity index (χ2n) is 4.26. The number of hydrogen-bond acceptors (Lipinski definition) is 4. The molecule has 100 valence electrons. The van der Waals surface area contributed by atoms with Gasteiger partial charge in [0.25, 0.3) is 0 Å². The van der Waals surface area contributed by atoms with Crippen molar-refractivity contribution in [2.24, 2.45) is 7.05 Å². The Kier molecular flexibility index (Phi) is 3.35. The summed E-state index contributed by atoms with van der Waals surface area (Å²) >= 11 is 5.84. The molecule has 0 saturated carbocycles. The Balaban J connectivity index is 1.90. The molecular weight excluding hydrogens is 274 g/mol. The van der Waals surface area contributed by atoms with Gasteiger partial charge in [0.05, 0.1) is 5.69 Å². The van der Waals surface area contributed by atoms with Gasteiger partial charge in [-0.25, -0.2) is 9.97 Å². The van der Waals surface area contributed by atoms with Crippen molar-refractivity contribution in [3.8, 4) is 11.3 Å². The quantitative estimate of drug-likeness (QED) is 0.750. The fourth-order valence-corrected chi connectivity index (χ4v) is 2.01. The Morgan fingerprint density at radius 3 is 2.65 bits per heavy atom. The summed E-state index contributed by atoms with van der Waals surface area (Å²) in [7, 11) is 1.87. The minimum Gasteiger partial charge on any atom is -0.325 e. The molecule has 0 amide bonds. The number of benzene rings is 1. The van der Waals surface area contributed by atoms with E-state index in [1.54, 1.807) is 10.7 Å². The van der Waals surface area contributed by atoms with Gasteiger partial charge in [-0.3, -0.25) is 4.68 Å². The van der Waals surface area contributed by atoms with E-state index in [-0.39, 0.29) is 0 Å². The van der Waals surface area contributed by atoms with Gasteiger partial charge in [0.1, 0.15) is 23.1 Å². The van der Waals surface area contributed by atoms with E-state index in [0.717, 1.165) is 17.1 Å². The van der Waals surface area contributed by atoms with Gasteiger partial charge in [0, 0.05) is 24.7 Å². The largest absolute Gasteiger partial charge is 0.325 e. The Labute approximate surface area is 121 Å². The van der Waals surface area contributed by atoms with Crippen molar-refractivity contribution in [2.75, 3.05) is 5.32 Å². The van der Waals surface area contributed by atoms with E-state index in [2.05, 4.69) is 20.4 Å². The zero-order chi connectivity index (χ0) is 13.9. The first kappa shape index (κ1) is 12.6. The van der Waals surface area contributed by atoms with Gasteiger partial charge in [0.2, 0.25) is 0 Å². The lowest BCUT2D eigenvalue weighted by Crippen LogP contribution is -2.00. The monoisotopic (exact) mass is 285 g/mol. The van der Waals surface area contributed by atoms with Crippen LogP contribution in [0.15, 0.2) is 48.8 Å². The molecule has 20 heavy (non-hydrogen) atoms. The molecule has 0 saturated heterocycles. The second kappa shape index (κ2) is 5.30. The number of halogens is 1. The summed E-state index contributed by atoms with van der Waals surface area (Å²) in [6.07, 6.45) is 1.42. The highest BCUT2D eigenvalue weighted by Crippen LogP contribution is 2.23. The minimum absolute atomic E-state index is 0.396. The average Bonchev–Trinajstić information content (AvgIpc) is 2.81. The number of rotatable bonds is 3. The van der Waals surface area contributed by atoms with Crippen molar-refractivity contribution in [1.82, 2.24) is 19.7 Å². The summed E-state index contributed by atoms with van der Waals surface area (Å²) in [5.74, 6) is 1.46. The Morgan fingerprint density at radius 2 is 1.90 bits per heavy atom. The van der Waals surface area contributed by atoms with E-state index in [4.69, 9.17) is 11.6 Å². The Bertz CT molecular complexity index is 723. The molecule has 0 unspecified atom stereocenters. The van der Waals surface area contributed by atoms with E-state index in [9.17, 15) is 0 Å². The van der Waals surface area contributed by atoms with E-state index < -0.39 is 0 Å². The van der Waals surface area contributed by atoms with Crippen LogP contribution in [0.5, 0.6) is 0 Å². The molecule has 0 aliphatic rings. The first-order valence-electron chi connectivity index (χ1n) is 6.06. The fraction of sp³-hybridized carbons (Fsp3) is 0.0714. The maximum atomic E-state index is 5.84. The Morgan fingerprint density at radius 1 is 1.10 bits per heavy atom. The number of anilines is 2. The molecule has 3 aromatic rings. The second-order valence-corrected chi connectivity index (χ2v) is 4.64. The molecule has 0 fully saturated rings. The van der Waals surface area contributed by atoms with Crippen LogP contribution in [0.2, 0.25) is 5.15 Å². The van der Waals surface area contributed by atoms with Crippen molar-refractivity contribution in [1.29, 1.82) is 0 Å². The maximum absolute atomic E-state index is 5.84. The standard InChI is InChI=1S/C14H12ClN5/c1-20-14(18-13-8-12(15)16-9-17-13)7-11(19-20)10-5-3-2-4-6-10/h2-9H,1H3,(H,16,17,18). The van der Waals surface area contributed by atoms with Crippen LogP contribution in [0.1, 0.15) is 0 Å². The molecule has 0 radical (unpaired) electrons. The van der Waals surface area contributed by atoms with Crippen LogP contribution < -0.4 is 5.32 Å². The summed E-state index contributed by atoms with van der Waals surface area (Å²) in [6.45, 7) is 0. The van der Waals surface area contributed by atoms with E-state index in [1.165, 1.54) is 6.33 Å². The first-order valence-corrected chi connectivity index (χ1v) is 6.44. The third-order valence-corrected chi connectivity index (χ3v) is 3.05. The summed E-state index contributed by atoms with van der Waals surface area (Å²) < 4.78 is 1.76. The van der Waals surface area contributed by atoms with Gasteiger partial charge in [0.15, 0.2) is 0 Å². The molecule has 2 aromatic heterocycles. The lowest BCUT2D eigenvalue weighted by Gasteiger charge is -2.04. The van der Waals surface area contributed by atoms with Gasteiger partial charge in [-0.1, -0.05) is 41.9 Å². The van der Waals surface area contributed by atoms with Crippen LogP contribution in [0, 0.1) is 0 Å². The lowest BCUT2D eigenvalue weighted by atomic mass is 10.2. The first-order chi connectivity index (χ1) is 9.72. The lowest BCUT2D eigenvalue weighted by molar-refractivity contribution is 0.779. The molecule has 1 N–H and O–H groups in total. The van der Waals surface area contributed by atoms with Crippen LogP contribution in [-0.2, 0) is 7.05 Å². The summed E-state index contributed by atoms with van der Waals surface area (Å²) in [6, 6.07) is 13.6. The predicted molar refractivity (Wildman–Crippen MR) is 79.0 cm³/mol. The number of nitrogens with zero attached hydrogens (tertiary/aromatic N) is 4. The maximum Gasteiger partial charge on any atom is 0.136 e. The molecule has 1 aromatic carbocycles. The molecule has 0 spiro atoms. The molecular formula is C14H12ClN5. The van der Waals surface area contributed by atoms with Crippen LogP contribution in [-0.4, -0.2) is 19.7 Å². The van der Waals surface area contributed by atoms with E-state index in [1.807, 2.05) is 43.4 Å². The molecule has 0 aliphatic heterocycles. The van der Waals surface area contributed by atoms with Crippen molar-refractivity contribution in [3.05, 3.63) is 53.9 Å². The van der Waals surface area contributed by atoms with Gasteiger partial charge >= 0.3 is 0 Å². The highest BCUT2D eigenvalue weighted by Gasteiger charge is 2.07.